The lowest BCUT2D eigenvalue weighted by Crippen LogP contribution is -1.97. The van der Waals surface area contributed by atoms with Gasteiger partial charge in [0, 0.05) is 15.6 Å². The van der Waals surface area contributed by atoms with Crippen LogP contribution in [0.4, 0.5) is 0 Å². The van der Waals surface area contributed by atoms with Gasteiger partial charge in [0.1, 0.15) is 0 Å². The topological polar surface area (TPSA) is 64.9 Å². The van der Waals surface area contributed by atoms with E-state index < -0.39 is 0 Å². The van der Waals surface area contributed by atoms with Crippen molar-refractivity contribution in [3.63, 3.8) is 0 Å². The van der Waals surface area contributed by atoms with Crippen molar-refractivity contribution in [3.05, 3.63) is 34.1 Å². The molecule has 0 aliphatic heterocycles. The fraction of sp³-hybridized carbons (Fsp3) is 0.111. The molecule has 0 radical (unpaired) electrons. The first kappa shape index (κ1) is 10.4. The highest BCUT2D eigenvalue weighted by molar-refractivity contribution is 6.35. The molecule has 2 N–H and O–H groups in total. The lowest BCUT2D eigenvalue weighted by Gasteiger charge is -1.96. The SMILES string of the molecule is NCc1noc(-c2cc(Cl)cc(Cl)c2)n1. The maximum Gasteiger partial charge on any atom is 0.258 e. The van der Waals surface area contributed by atoms with Crippen molar-refractivity contribution in [2.24, 2.45) is 5.73 Å². The van der Waals surface area contributed by atoms with Crippen molar-refractivity contribution in [2.75, 3.05) is 0 Å². The summed E-state index contributed by atoms with van der Waals surface area (Å²) in [6.07, 6.45) is 0. The highest BCUT2D eigenvalue weighted by atomic mass is 35.5. The van der Waals surface area contributed by atoms with Gasteiger partial charge in [0.15, 0.2) is 5.82 Å². The van der Waals surface area contributed by atoms with Crippen LogP contribution in [0.15, 0.2) is 22.7 Å². The van der Waals surface area contributed by atoms with Gasteiger partial charge in [-0.05, 0) is 18.2 Å². The van der Waals surface area contributed by atoms with E-state index in [1.54, 1.807) is 18.2 Å². The number of nitrogens with zero attached hydrogens (tertiary/aromatic N) is 2. The monoisotopic (exact) mass is 243 g/mol. The molecule has 0 spiro atoms. The number of hydrogen-bond acceptors (Lipinski definition) is 4. The highest BCUT2D eigenvalue weighted by Gasteiger charge is 2.09. The number of halogens is 2. The minimum Gasteiger partial charge on any atom is -0.334 e. The lowest BCUT2D eigenvalue weighted by molar-refractivity contribution is 0.423. The molecule has 1 aromatic heterocycles. The largest absolute Gasteiger partial charge is 0.334 e. The zero-order chi connectivity index (χ0) is 10.8. The zero-order valence-corrected chi connectivity index (χ0v) is 9.09. The van der Waals surface area contributed by atoms with Crippen molar-refractivity contribution in [1.29, 1.82) is 0 Å². The molecule has 1 aromatic carbocycles. The molecule has 0 saturated heterocycles. The summed E-state index contributed by atoms with van der Waals surface area (Å²) in [6.45, 7) is 0.234. The first-order chi connectivity index (χ1) is 7.19. The third-order valence-corrected chi connectivity index (χ3v) is 2.20. The summed E-state index contributed by atoms with van der Waals surface area (Å²) in [4.78, 5) is 4.06. The Bertz CT molecular complexity index is 464. The fourth-order valence-electron chi connectivity index (χ4n) is 1.13. The van der Waals surface area contributed by atoms with Crippen LogP contribution in [0.2, 0.25) is 10.0 Å². The Morgan fingerprint density at radius 2 is 1.87 bits per heavy atom. The van der Waals surface area contributed by atoms with Crippen LogP contribution in [0.25, 0.3) is 11.5 Å². The molecular weight excluding hydrogens is 237 g/mol. The van der Waals surface area contributed by atoms with Crippen LogP contribution < -0.4 is 5.73 Å². The molecule has 0 unspecified atom stereocenters. The third kappa shape index (κ3) is 2.28. The molecule has 0 atom stereocenters. The van der Waals surface area contributed by atoms with Crippen LogP contribution in [0.5, 0.6) is 0 Å². The molecule has 15 heavy (non-hydrogen) atoms. The maximum atomic E-state index is 5.84. The predicted molar refractivity (Wildman–Crippen MR) is 57.6 cm³/mol. The minimum absolute atomic E-state index is 0.234. The molecule has 78 valence electrons. The molecule has 2 rings (SSSR count). The quantitative estimate of drug-likeness (QED) is 0.881. The second kappa shape index (κ2) is 4.18. The number of nitrogens with two attached hydrogens (primary N) is 1. The first-order valence-electron chi connectivity index (χ1n) is 4.18. The van der Waals surface area contributed by atoms with E-state index in [4.69, 9.17) is 33.5 Å². The molecule has 6 heteroatoms. The van der Waals surface area contributed by atoms with E-state index in [1.165, 1.54) is 0 Å². The van der Waals surface area contributed by atoms with E-state index in [0.29, 0.717) is 27.3 Å². The van der Waals surface area contributed by atoms with Gasteiger partial charge in [0.25, 0.3) is 5.89 Å². The van der Waals surface area contributed by atoms with Crippen molar-refractivity contribution >= 4 is 23.2 Å². The summed E-state index contributed by atoms with van der Waals surface area (Å²) in [5, 5.41) is 4.71. The number of benzene rings is 1. The molecule has 2 aromatic rings. The van der Waals surface area contributed by atoms with E-state index in [0.717, 1.165) is 0 Å². The summed E-state index contributed by atoms with van der Waals surface area (Å²) < 4.78 is 4.99. The maximum absolute atomic E-state index is 5.84. The molecule has 0 saturated carbocycles. The minimum atomic E-state index is 0.234. The summed E-state index contributed by atoms with van der Waals surface area (Å²) in [5.74, 6) is 0.806. The van der Waals surface area contributed by atoms with E-state index in [2.05, 4.69) is 10.1 Å². The van der Waals surface area contributed by atoms with E-state index in [9.17, 15) is 0 Å². The Morgan fingerprint density at radius 1 is 1.20 bits per heavy atom. The molecule has 4 nitrogen and oxygen atoms in total. The van der Waals surface area contributed by atoms with Crippen LogP contribution in [-0.2, 0) is 6.54 Å². The molecule has 0 aliphatic carbocycles. The molecule has 0 amide bonds. The Kier molecular flexibility index (Phi) is 2.90. The van der Waals surface area contributed by atoms with Crippen molar-refractivity contribution in [1.82, 2.24) is 10.1 Å². The predicted octanol–water partition coefficient (Wildman–Crippen LogP) is 2.50. The van der Waals surface area contributed by atoms with Gasteiger partial charge < -0.3 is 10.3 Å². The Hall–Kier alpha value is -1.10. The average molecular weight is 244 g/mol. The highest BCUT2D eigenvalue weighted by Crippen LogP contribution is 2.25. The summed E-state index contributed by atoms with van der Waals surface area (Å²) in [5.41, 5.74) is 6.04. The molecule has 1 heterocycles. The number of hydrogen-bond donors (Lipinski definition) is 1. The standard InChI is InChI=1S/C9H7Cl2N3O/c10-6-1-5(2-7(11)3-6)9-13-8(4-12)14-15-9/h1-3H,4,12H2. The van der Waals surface area contributed by atoms with Gasteiger partial charge in [-0.3, -0.25) is 0 Å². The van der Waals surface area contributed by atoms with Gasteiger partial charge >= 0.3 is 0 Å². The summed E-state index contributed by atoms with van der Waals surface area (Å²) in [6, 6.07) is 5.02. The van der Waals surface area contributed by atoms with Gasteiger partial charge in [-0.1, -0.05) is 28.4 Å². The van der Waals surface area contributed by atoms with Crippen LogP contribution in [-0.4, -0.2) is 10.1 Å². The Morgan fingerprint density at radius 3 is 2.40 bits per heavy atom. The van der Waals surface area contributed by atoms with Crippen LogP contribution >= 0.6 is 23.2 Å². The molecular formula is C9H7Cl2N3O. The number of rotatable bonds is 2. The van der Waals surface area contributed by atoms with Gasteiger partial charge in [-0.15, -0.1) is 0 Å². The van der Waals surface area contributed by atoms with E-state index in [-0.39, 0.29) is 6.54 Å². The summed E-state index contributed by atoms with van der Waals surface area (Å²) >= 11 is 11.7. The zero-order valence-electron chi connectivity index (χ0n) is 7.58. The second-order valence-electron chi connectivity index (χ2n) is 2.88. The molecule has 0 bridgehead atoms. The van der Waals surface area contributed by atoms with Crippen molar-refractivity contribution in [3.8, 4) is 11.5 Å². The van der Waals surface area contributed by atoms with Gasteiger partial charge in [-0.25, -0.2) is 0 Å². The number of aromatic nitrogens is 2. The Balaban J connectivity index is 2.44. The van der Waals surface area contributed by atoms with Gasteiger partial charge in [0.2, 0.25) is 0 Å². The smallest absolute Gasteiger partial charge is 0.258 e. The van der Waals surface area contributed by atoms with E-state index >= 15 is 0 Å². The lowest BCUT2D eigenvalue weighted by atomic mass is 10.2. The Labute approximate surface area is 96.0 Å². The first-order valence-corrected chi connectivity index (χ1v) is 4.94. The van der Waals surface area contributed by atoms with Crippen molar-refractivity contribution in [2.45, 2.75) is 6.54 Å². The average Bonchev–Trinajstić information content (AvgIpc) is 2.64. The molecule has 0 aliphatic rings. The van der Waals surface area contributed by atoms with Crippen LogP contribution in [0.1, 0.15) is 5.82 Å². The van der Waals surface area contributed by atoms with Crippen LogP contribution in [0.3, 0.4) is 0 Å². The third-order valence-electron chi connectivity index (χ3n) is 1.76. The van der Waals surface area contributed by atoms with Crippen molar-refractivity contribution < 1.29 is 4.52 Å². The van der Waals surface area contributed by atoms with Gasteiger partial charge in [0.05, 0.1) is 6.54 Å². The normalized spacial score (nSPS) is 10.6. The van der Waals surface area contributed by atoms with E-state index in [1.807, 2.05) is 0 Å². The molecule has 0 fully saturated rings. The van der Waals surface area contributed by atoms with Crippen LogP contribution in [0, 0.1) is 0 Å². The second-order valence-corrected chi connectivity index (χ2v) is 3.75. The summed E-state index contributed by atoms with van der Waals surface area (Å²) in [7, 11) is 0. The van der Waals surface area contributed by atoms with Gasteiger partial charge in [-0.2, -0.15) is 4.98 Å². The fourth-order valence-corrected chi connectivity index (χ4v) is 1.66.